The second-order valence-electron chi connectivity index (χ2n) is 10.4. The lowest BCUT2D eigenvalue weighted by Crippen LogP contribution is -2.56. The summed E-state index contributed by atoms with van der Waals surface area (Å²) in [6.45, 7) is 5.59. The molecule has 4 heterocycles. The number of piperazine rings is 1. The lowest BCUT2D eigenvalue weighted by atomic mass is 10.0. The van der Waals surface area contributed by atoms with E-state index in [0.717, 1.165) is 59.3 Å². The molecule has 3 aromatic heterocycles. The number of nitrogens with one attached hydrogen (secondary N) is 1. The normalized spacial score (nSPS) is 19.3. The summed E-state index contributed by atoms with van der Waals surface area (Å²) in [6.07, 6.45) is 9.70. The number of hydrogen-bond acceptors (Lipinski definition) is 8. The van der Waals surface area contributed by atoms with Gasteiger partial charge in [-0.05, 0) is 55.9 Å². The van der Waals surface area contributed by atoms with Gasteiger partial charge in [0.1, 0.15) is 11.9 Å². The Hall–Kier alpha value is -4.03. The first-order chi connectivity index (χ1) is 18.6. The number of nitriles is 1. The van der Waals surface area contributed by atoms with E-state index >= 15 is 0 Å². The van der Waals surface area contributed by atoms with Crippen molar-refractivity contribution >= 4 is 40.1 Å². The average molecular weight is 510 g/mol. The van der Waals surface area contributed by atoms with Crippen molar-refractivity contribution in [3.63, 3.8) is 0 Å². The van der Waals surface area contributed by atoms with Crippen molar-refractivity contribution in [2.75, 3.05) is 36.5 Å². The monoisotopic (exact) mass is 509 g/mol. The molecule has 0 spiro atoms. The predicted octanol–water partition coefficient (Wildman–Crippen LogP) is 3.97. The van der Waals surface area contributed by atoms with Crippen molar-refractivity contribution in [3.05, 3.63) is 54.1 Å². The van der Waals surface area contributed by atoms with Gasteiger partial charge in [0.2, 0.25) is 5.91 Å². The Kier molecular flexibility index (Phi) is 6.42. The van der Waals surface area contributed by atoms with Crippen molar-refractivity contribution in [1.29, 1.82) is 5.26 Å². The smallest absolute Gasteiger partial charge is 0.225 e. The van der Waals surface area contributed by atoms with Crippen molar-refractivity contribution in [2.45, 2.75) is 44.1 Å². The lowest BCUT2D eigenvalue weighted by molar-refractivity contribution is -0.135. The van der Waals surface area contributed by atoms with Crippen LogP contribution in [0.15, 0.2) is 37.2 Å². The van der Waals surface area contributed by atoms with E-state index < -0.39 is 0 Å². The maximum atomic E-state index is 12.7. The van der Waals surface area contributed by atoms with Crippen LogP contribution in [-0.4, -0.2) is 63.1 Å². The van der Waals surface area contributed by atoms with E-state index in [1.807, 2.05) is 23.1 Å². The van der Waals surface area contributed by atoms with Gasteiger partial charge in [-0.3, -0.25) is 9.78 Å². The van der Waals surface area contributed by atoms with Gasteiger partial charge in [-0.15, -0.1) is 0 Å². The van der Waals surface area contributed by atoms with Gasteiger partial charge in [0.05, 0.1) is 52.7 Å². The van der Waals surface area contributed by atoms with E-state index in [0.29, 0.717) is 42.9 Å². The van der Waals surface area contributed by atoms with Gasteiger partial charge in [-0.25, -0.2) is 9.97 Å². The number of carbonyl (C=O) groups excluding carboxylic acids is 1. The molecular formula is C29H31N7O2. The van der Waals surface area contributed by atoms with Gasteiger partial charge in [0.25, 0.3) is 0 Å². The number of pyridine rings is 3. The van der Waals surface area contributed by atoms with Gasteiger partial charge >= 0.3 is 0 Å². The van der Waals surface area contributed by atoms with Crippen LogP contribution < -0.4 is 10.2 Å². The maximum Gasteiger partial charge on any atom is 0.225 e. The summed E-state index contributed by atoms with van der Waals surface area (Å²) in [7, 11) is 0. The largest absolute Gasteiger partial charge is 0.396 e. The zero-order valence-corrected chi connectivity index (χ0v) is 21.3. The minimum Gasteiger partial charge on any atom is -0.396 e. The van der Waals surface area contributed by atoms with Crippen LogP contribution in [0.5, 0.6) is 0 Å². The summed E-state index contributed by atoms with van der Waals surface area (Å²) in [6, 6.07) is 8.28. The number of rotatable bonds is 8. The van der Waals surface area contributed by atoms with E-state index in [2.05, 4.69) is 32.8 Å². The highest BCUT2D eigenvalue weighted by atomic mass is 16.3. The molecule has 6 rings (SSSR count). The van der Waals surface area contributed by atoms with Crippen molar-refractivity contribution in [3.8, 4) is 6.07 Å². The van der Waals surface area contributed by atoms with Gasteiger partial charge in [-0.2, -0.15) is 5.26 Å². The first-order valence-corrected chi connectivity index (χ1v) is 13.3. The summed E-state index contributed by atoms with van der Waals surface area (Å²) in [5, 5.41) is 24.0. The summed E-state index contributed by atoms with van der Waals surface area (Å²) < 4.78 is 0. The van der Waals surface area contributed by atoms with Gasteiger partial charge < -0.3 is 20.2 Å². The summed E-state index contributed by atoms with van der Waals surface area (Å²) >= 11 is 0. The van der Waals surface area contributed by atoms with Crippen molar-refractivity contribution in [2.24, 2.45) is 5.92 Å². The highest BCUT2D eigenvalue weighted by molar-refractivity contribution is 5.94. The maximum absolute atomic E-state index is 12.7. The molecule has 0 bridgehead atoms. The highest BCUT2D eigenvalue weighted by Gasteiger charge is 2.41. The fourth-order valence-corrected chi connectivity index (χ4v) is 5.50. The molecule has 3 fully saturated rings. The molecule has 194 valence electrons. The molecule has 2 N–H and O–H groups in total. The Morgan fingerprint density at radius 3 is 2.76 bits per heavy atom. The molecule has 1 saturated heterocycles. The number of aliphatic hydroxyl groups excluding tert-OH is 1. The van der Waals surface area contributed by atoms with Crippen LogP contribution >= 0.6 is 0 Å². The number of hydrogen-bond donors (Lipinski definition) is 2. The molecule has 1 amide bonds. The first-order valence-electron chi connectivity index (χ1n) is 13.3. The van der Waals surface area contributed by atoms with E-state index in [9.17, 15) is 15.2 Å². The number of carbonyl (C=O) groups is 1. The van der Waals surface area contributed by atoms with Crippen LogP contribution in [0.25, 0.3) is 17.0 Å². The average Bonchev–Trinajstić information content (AvgIpc) is 3.86. The van der Waals surface area contributed by atoms with Crippen LogP contribution in [0.4, 0.5) is 17.2 Å². The van der Waals surface area contributed by atoms with Crippen molar-refractivity contribution in [1.82, 2.24) is 19.9 Å². The highest BCUT2D eigenvalue weighted by Crippen LogP contribution is 2.45. The number of amides is 1. The second-order valence-corrected chi connectivity index (χ2v) is 10.4. The first kappa shape index (κ1) is 24.3. The molecule has 2 saturated carbocycles. The zero-order chi connectivity index (χ0) is 26.2. The predicted molar refractivity (Wildman–Crippen MR) is 146 cm³/mol. The zero-order valence-electron chi connectivity index (χ0n) is 21.3. The van der Waals surface area contributed by atoms with E-state index in [-0.39, 0.29) is 25.0 Å². The molecule has 1 aliphatic heterocycles. The number of aromatic nitrogens is 3. The van der Waals surface area contributed by atoms with Gasteiger partial charge in [-0.1, -0.05) is 6.58 Å². The number of nitrogens with zero attached hydrogens (tertiary/aromatic N) is 6. The van der Waals surface area contributed by atoms with Crippen LogP contribution in [0.1, 0.15) is 55.0 Å². The number of aliphatic hydroxyl groups is 1. The molecular weight excluding hydrogens is 478 g/mol. The molecule has 0 radical (unpaired) electrons. The van der Waals surface area contributed by atoms with Crippen LogP contribution in [0.3, 0.4) is 0 Å². The van der Waals surface area contributed by atoms with E-state index in [1.165, 1.54) is 0 Å². The van der Waals surface area contributed by atoms with Crippen LogP contribution in [0, 0.1) is 17.2 Å². The molecule has 3 aliphatic rings. The summed E-state index contributed by atoms with van der Waals surface area (Å²) in [4.78, 5) is 30.7. The quantitative estimate of drug-likeness (QED) is 0.468. The Morgan fingerprint density at radius 2 is 2.05 bits per heavy atom. The molecule has 2 aliphatic carbocycles. The molecule has 3 aromatic rings. The van der Waals surface area contributed by atoms with Gasteiger partial charge in [0.15, 0.2) is 0 Å². The molecule has 38 heavy (non-hydrogen) atoms. The van der Waals surface area contributed by atoms with Crippen molar-refractivity contribution < 1.29 is 9.90 Å². The molecule has 9 heteroatoms. The Labute approximate surface area is 221 Å². The third kappa shape index (κ3) is 4.68. The molecule has 9 nitrogen and oxygen atoms in total. The molecule has 0 aromatic carbocycles. The van der Waals surface area contributed by atoms with Crippen LogP contribution in [0.2, 0.25) is 0 Å². The standard InChI is InChI=1S/C29H31N7O2/c1-2-21-14-23(22-7-9-31-16-25(22)32-21)33-24-13-20(15-30)29(34-28(24)19-5-6-19)35-10-11-36(27(38)8-12-37)26(17-35)18-3-4-18/h2,7,9,13-14,16,18-19,26,37H,1,3-6,8,10-12,17H2,(H,32,33)/t26-/m0/s1. The van der Waals surface area contributed by atoms with E-state index in [1.54, 1.807) is 18.5 Å². The fraction of sp³-hybridized carbons (Fsp3) is 0.414. The van der Waals surface area contributed by atoms with Crippen LogP contribution in [-0.2, 0) is 4.79 Å². The minimum atomic E-state index is -0.132. The number of anilines is 3. The topological polar surface area (TPSA) is 118 Å². The summed E-state index contributed by atoms with van der Waals surface area (Å²) in [5.41, 5.74) is 4.71. The molecule has 0 unspecified atom stereocenters. The third-order valence-electron chi connectivity index (χ3n) is 7.76. The van der Waals surface area contributed by atoms with E-state index in [4.69, 9.17) is 4.98 Å². The fourth-order valence-electron chi connectivity index (χ4n) is 5.50. The Morgan fingerprint density at radius 1 is 1.21 bits per heavy atom. The Balaban J connectivity index is 1.35. The number of fused-ring (bicyclic) bond motifs is 1. The third-order valence-corrected chi connectivity index (χ3v) is 7.76. The Bertz CT molecular complexity index is 1440. The second kappa shape index (κ2) is 10.0. The molecule has 1 atom stereocenters. The lowest BCUT2D eigenvalue weighted by Gasteiger charge is -2.42. The summed E-state index contributed by atoms with van der Waals surface area (Å²) in [5.74, 6) is 1.54. The van der Waals surface area contributed by atoms with Gasteiger partial charge in [0, 0.05) is 43.6 Å². The minimum absolute atomic E-state index is 0.00871. The SMILES string of the molecule is C=Cc1cc(Nc2cc(C#N)c(N3CCN(C(=O)CCO)[C@H](C4CC4)C3)nc2C2CC2)c2ccncc2n1.